The third kappa shape index (κ3) is 6.47. The SMILES string of the molecule is CSCCCCNCC1CCC(C)CC1. The minimum absolute atomic E-state index is 0.974. The van der Waals surface area contributed by atoms with Crippen molar-refractivity contribution in [2.75, 3.05) is 25.1 Å². The van der Waals surface area contributed by atoms with Gasteiger partial charge in [-0.1, -0.05) is 19.8 Å². The Kier molecular flexibility index (Phi) is 7.54. The van der Waals surface area contributed by atoms with Gasteiger partial charge in [-0.3, -0.25) is 0 Å². The van der Waals surface area contributed by atoms with E-state index in [4.69, 9.17) is 0 Å². The predicted octanol–water partition coefficient (Wildman–Crippen LogP) is 3.55. The predicted molar refractivity (Wildman–Crippen MR) is 71.6 cm³/mol. The smallest absolute Gasteiger partial charge is 0.00205 e. The Morgan fingerprint density at radius 2 is 1.87 bits per heavy atom. The number of thioether (sulfide) groups is 1. The van der Waals surface area contributed by atoms with Gasteiger partial charge >= 0.3 is 0 Å². The Morgan fingerprint density at radius 1 is 1.13 bits per heavy atom. The molecule has 0 aromatic rings. The first-order valence-electron chi connectivity index (χ1n) is 6.52. The van der Waals surface area contributed by atoms with Crippen LogP contribution in [0.3, 0.4) is 0 Å². The van der Waals surface area contributed by atoms with Crippen molar-refractivity contribution in [3.05, 3.63) is 0 Å². The average molecular weight is 229 g/mol. The van der Waals surface area contributed by atoms with Gasteiger partial charge in [0.2, 0.25) is 0 Å². The van der Waals surface area contributed by atoms with Crippen molar-refractivity contribution >= 4 is 11.8 Å². The number of unbranched alkanes of at least 4 members (excludes halogenated alkanes) is 1. The van der Waals surface area contributed by atoms with Crippen molar-refractivity contribution in [3.8, 4) is 0 Å². The monoisotopic (exact) mass is 229 g/mol. The lowest BCUT2D eigenvalue weighted by molar-refractivity contribution is 0.282. The van der Waals surface area contributed by atoms with Crippen molar-refractivity contribution in [1.29, 1.82) is 0 Å². The molecule has 0 heterocycles. The molecule has 0 bridgehead atoms. The summed E-state index contributed by atoms with van der Waals surface area (Å²) in [5.74, 6) is 3.28. The summed E-state index contributed by atoms with van der Waals surface area (Å²) < 4.78 is 0. The van der Waals surface area contributed by atoms with Crippen LogP contribution in [-0.2, 0) is 0 Å². The van der Waals surface area contributed by atoms with E-state index in [1.165, 1.54) is 57.4 Å². The van der Waals surface area contributed by atoms with Crippen molar-refractivity contribution in [3.63, 3.8) is 0 Å². The van der Waals surface area contributed by atoms with Crippen molar-refractivity contribution in [1.82, 2.24) is 5.32 Å². The Hall–Kier alpha value is 0.310. The second-order valence-corrected chi connectivity index (χ2v) is 6.02. The van der Waals surface area contributed by atoms with Gasteiger partial charge in [0.15, 0.2) is 0 Å². The summed E-state index contributed by atoms with van der Waals surface area (Å²) in [6.07, 6.45) is 10.7. The highest BCUT2D eigenvalue weighted by atomic mass is 32.2. The van der Waals surface area contributed by atoms with E-state index in [9.17, 15) is 0 Å². The van der Waals surface area contributed by atoms with Crippen LogP contribution >= 0.6 is 11.8 Å². The lowest BCUT2D eigenvalue weighted by Crippen LogP contribution is -2.26. The summed E-state index contributed by atoms with van der Waals surface area (Å²) in [7, 11) is 0. The first kappa shape index (κ1) is 13.4. The van der Waals surface area contributed by atoms with Gasteiger partial charge in [0.05, 0.1) is 0 Å². The maximum atomic E-state index is 3.62. The molecule has 1 nitrogen and oxygen atoms in total. The molecule has 1 rings (SSSR count). The van der Waals surface area contributed by atoms with Crippen LogP contribution in [0.5, 0.6) is 0 Å². The van der Waals surface area contributed by atoms with Gasteiger partial charge in [0.1, 0.15) is 0 Å². The molecule has 0 radical (unpaired) electrons. The average Bonchev–Trinajstić information content (AvgIpc) is 2.26. The second-order valence-electron chi connectivity index (χ2n) is 5.03. The van der Waals surface area contributed by atoms with Gasteiger partial charge in [-0.2, -0.15) is 11.8 Å². The standard InChI is InChI=1S/C13H27NS/c1-12-5-7-13(8-6-12)11-14-9-3-4-10-15-2/h12-14H,3-11H2,1-2H3. The van der Waals surface area contributed by atoms with Crippen LogP contribution in [0.4, 0.5) is 0 Å². The molecule has 1 saturated carbocycles. The van der Waals surface area contributed by atoms with Crippen molar-refractivity contribution in [2.45, 2.75) is 45.4 Å². The van der Waals surface area contributed by atoms with Gasteiger partial charge in [-0.15, -0.1) is 0 Å². The van der Waals surface area contributed by atoms with Crippen LogP contribution in [0.15, 0.2) is 0 Å². The third-order valence-electron chi connectivity index (χ3n) is 3.52. The van der Waals surface area contributed by atoms with Gasteiger partial charge in [-0.25, -0.2) is 0 Å². The molecule has 0 unspecified atom stereocenters. The van der Waals surface area contributed by atoms with E-state index in [-0.39, 0.29) is 0 Å². The molecule has 0 atom stereocenters. The van der Waals surface area contributed by atoms with E-state index < -0.39 is 0 Å². The summed E-state index contributed by atoms with van der Waals surface area (Å²) in [5.41, 5.74) is 0. The second kappa shape index (κ2) is 8.46. The maximum absolute atomic E-state index is 3.62. The number of hydrogen-bond donors (Lipinski definition) is 1. The number of hydrogen-bond acceptors (Lipinski definition) is 2. The molecular formula is C13H27NS. The molecule has 1 fully saturated rings. The zero-order valence-electron chi connectivity index (χ0n) is 10.4. The molecular weight excluding hydrogens is 202 g/mol. The quantitative estimate of drug-likeness (QED) is 0.670. The van der Waals surface area contributed by atoms with Gasteiger partial charge in [-0.05, 0) is 62.6 Å². The van der Waals surface area contributed by atoms with E-state index in [2.05, 4.69) is 18.5 Å². The molecule has 0 aromatic carbocycles. The van der Waals surface area contributed by atoms with Crippen LogP contribution in [0.2, 0.25) is 0 Å². The van der Waals surface area contributed by atoms with Crippen molar-refractivity contribution < 1.29 is 0 Å². The fourth-order valence-electron chi connectivity index (χ4n) is 2.34. The fourth-order valence-corrected chi connectivity index (χ4v) is 2.83. The lowest BCUT2D eigenvalue weighted by Gasteiger charge is -2.26. The Balaban J connectivity index is 1.87. The Bertz CT molecular complexity index is 141. The van der Waals surface area contributed by atoms with E-state index >= 15 is 0 Å². The largest absolute Gasteiger partial charge is 0.316 e. The lowest BCUT2D eigenvalue weighted by atomic mass is 9.83. The zero-order valence-corrected chi connectivity index (χ0v) is 11.2. The first-order valence-corrected chi connectivity index (χ1v) is 7.92. The summed E-state index contributed by atoms with van der Waals surface area (Å²) in [5, 5.41) is 3.62. The molecule has 0 amide bonds. The van der Waals surface area contributed by atoms with Gasteiger partial charge in [0, 0.05) is 0 Å². The summed E-state index contributed by atoms with van der Waals surface area (Å²) in [6, 6.07) is 0. The fraction of sp³-hybridized carbons (Fsp3) is 1.00. The minimum atomic E-state index is 0.974. The normalized spacial score (nSPS) is 26.8. The van der Waals surface area contributed by atoms with E-state index in [1.54, 1.807) is 0 Å². The highest BCUT2D eigenvalue weighted by molar-refractivity contribution is 7.98. The molecule has 90 valence electrons. The topological polar surface area (TPSA) is 12.0 Å². The first-order chi connectivity index (χ1) is 7.33. The van der Waals surface area contributed by atoms with Crippen LogP contribution < -0.4 is 5.32 Å². The van der Waals surface area contributed by atoms with Gasteiger partial charge < -0.3 is 5.32 Å². The number of nitrogens with one attached hydrogen (secondary N) is 1. The zero-order chi connectivity index (χ0) is 10.9. The maximum Gasteiger partial charge on any atom is -0.00205 e. The minimum Gasteiger partial charge on any atom is -0.316 e. The number of rotatable bonds is 7. The summed E-state index contributed by atoms with van der Waals surface area (Å²) in [4.78, 5) is 0. The van der Waals surface area contributed by atoms with Crippen LogP contribution in [0.25, 0.3) is 0 Å². The Labute approximate surface area is 99.8 Å². The molecule has 0 aliphatic heterocycles. The van der Waals surface area contributed by atoms with Crippen LogP contribution in [0.1, 0.15) is 45.4 Å². The molecule has 2 heteroatoms. The molecule has 15 heavy (non-hydrogen) atoms. The van der Waals surface area contributed by atoms with E-state index in [1.807, 2.05) is 11.8 Å². The molecule has 1 N–H and O–H groups in total. The van der Waals surface area contributed by atoms with Gasteiger partial charge in [0.25, 0.3) is 0 Å². The Morgan fingerprint density at radius 3 is 2.53 bits per heavy atom. The third-order valence-corrected chi connectivity index (χ3v) is 4.22. The highest BCUT2D eigenvalue weighted by Gasteiger charge is 2.17. The van der Waals surface area contributed by atoms with Crippen molar-refractivity contribution in [2.24, 2.45) is 11.8 Å². The van der Waals surface area contributed by atoms with Crippen LogP contribution in [0, 0.1) is 11.8 Å². The van der Waals surface area contributed by atoms with Crippen LogP contribution in [-0.4, -0.2) is 25.1 Å². The molecule has 0 saturated heterocycles. The molecule has 1 aliphatic carbocycles. The highest BCUT2D eigenvalue weighted by Crippen LogP contribution is 2.27. The molecule has 1 aliphatic rings. The molecule has 0 aromatic heterocycles. The summed E-state index contributed by atoms with van der Waals surface area (Å²) >= 11 is 1.96. The molecule has 0 spiro atoms. The van der Waals surface area contributed by atoms with E-state index in [0.29, 0.717) is 0 Å². The summed E-state index contributed by atoms with van der Waals surface area (Å²) in [6.45, 7) is 4.89. The van der Waals surface area contributed by atoms with E-state index in [0.717, 1.165) is 11.8 Å².